The van der Waals surface area contributed by atoms with Crippen molar-refractivity contribution in [3.05, 3.63) is 11.6 Å². The molecule has 0 bridgehead atoms. The molecule has 5 heteroatoms. The summed E-state index contributed by atoms with van der Waals surface area (Å²) in [5.74, 6) is 0.0381. The lowest BCUT2D eigenvalue weighted by Crippen LogP contribution is -2.28. The summed E-state index contributed by atoms with van der Waals surface area (Å²) < 4.78 is 0. The molecule has 2 N–H and O–H groups in total. The van der Waals surface area contributed by atoms with E-state index in [1.165, 1.54) is 16.7 Å². The Morgan fingerprint density at radius 3 is 2.83 bits per heavy atom. The maximum Gasteiger partial charge on any atom is 0.237 e. The first-order chi connectivity index (χ1) is 5.61. The summed E-state index contributed by atoms with van der Waals surface area (Å²) >= 11 is 1.39. The van der Waals surface area contributed by atoms with Crippen LogP contribution in [-0.4, -0.2) is 29.0 Å². The Kier molecular flexibility index (Phi) is 2.75. The maximum absolute atomic E-state index is 11.1. The molecule has 12 heavy (non-hydrogen) atoms. The molecule has 0 aromatic heterocycles. The lowest BCUT2D eigenvalue weighted by molar-refractivity contribution is -0.126. The number of amides is 2. The predicted molar refractivity (Wildman–Crippen MR) is 47.1 cm³/mol. The number of primary amides is 1. The molecule has 4 nitrogen and oxygen atoms in total. The SMILES string of the molecule is C=C1SCC(=O)N1CCC(N)=O. The molecule has 66 valence electrons. The minimum atomic E-state index is -0.396. The minimum Gasteiger partial charge on any atom is -0.370 e. The van der Waals surface area contributed by atoms with Crippen LogP contribution in [0.15, 0.2) is 11.6 Å². The van der Waals surface area contributed by atoms with Gasteiger partial charge in [0, 0.05) is 13.0 Å². The third-order valence-electron chi connectivity index (χ3n) is 1.55. The first kappa shape index (κ1) is 9.12. The monoisotopic (exact) mass is 186 g/mol. The van der Waals surface area contributed by atoms with Gasteiger partial charge in [0.2, 0.25) is 11.8 Å². The number of carbonyl (C=O) groups is 2. The molecule has 1 heterocycles. The number of nitrogens with two attached hydrogens (primary N) is 1. The largest absolute Gasteiger partial charge is 0.370 e. The molecule has 0 aliphatic carbocycles. The van der Waals surface area contributed by atoms with E-state index in [0.717, 1.165) is 0 Å². The number of carbonyl (C=O) groups excluding carboxylic acids is 2. The van der Waals surface area contributed by atoms with Crippen LogP contribution in [0.5, 0.6) is 0 Å². The van der Waals surface area contributed by atoms with Gasteiger partial charge in [0.15, 0.2) is 0 Å². The number of hydrogen-bond acceptors (Lipinski definition) is 3. The summed E-state index contributed by atoms with van der Waals surface area (Å²) in [4.78, 5) is 23.0. The van der Waals surface area contributed by atoms with Crippen molar-refractivity contribution in [3.63, 3.8) is 0 Å². The van der Waals surface area contributed by atoms with E-state index in [9.17, 15) is 9.59 Å². The number of thioether (sulfide) groups is 1. The van der Waals surface area contributed by atoms with Gasteiger partial charge in [-0.15, -0.1) is 0 Å². The van der Waals surface area contributed by atoms with Crippen LogP contribution in [0.4, 0.5) is 0 Å². The molecule has 1 saturated heterocycles. The van der Waals surface area contributed by atoms with Crippen LogP contribution >= 0.6 is 11.8 Å². The summed E-state index contributed by atoms with van der Waals surface area (Å²) in [6.07, 6.45) is 0.200. The van der Waals surface area contributed by atoms with Crippen LogP contribution in [0, 0.1) is 0 Å². The van der Waals surface area contributed by atoms with Crippen molar-refractivity contribution in [2.75, 3.05) is 12.3 Å². The second-order valence-corrected chi connectivity index (χ2v) is 3.49. The van der Waals surface area contributed by atoms with Gasteiger partial charge in [-0.25, -0.2) is 0 Å². The van der Waals surface area contributed by atoms with E-state index in [4.69, 9.17) is 5.73 Å². The highest BCUT2D eigenvalue weighted by Crippen LogP contribution is 2.26. The van der Waals surface area contributed by atoms with Crippen molar-refractivity contribution in [1.82, 2.24) is 4.90 Å². The van der Waals surface area contributed by atoms with Crippen molar-refractivity contribution in [1.29, 1.82) is 0 Å². The van der Waals surface area contributed by atoms with Gasteiger partial charge in [-0.05, 0) is 0 Å². The van der Waals surface area contributed by atoms with Crippen molar-refractivity contribution < 1.29 is 9.59 Å². The average Bonchev–Trinajstić information content (AvgIpc) is 2.28. The summed E-state index contributed by atoms with van der Waals surface area (Å²) in [6.45, 7) is 4.04. The van der Waals surface area contributed by atoms with Gasteiger partial charge < -0.3 is 10.6 Å². The fraction of sp³-hybridized carbons (Fsp3) is 0.429. The van der Waals surface area contributed by atoms with Crippen molar-refractivity contribution in [2.24, 2.45) is 5.73 Å². The van der Waals surface area contributed by atoms with Crippen molar-refractivity contribution in [2.45, 2.75) is 6.42 Å². The van der Waals surface area contributed by atoms with E-state index in [2.05, 4.69) is 6.58 Å². The minimum absolute atomic E-state index is 0.00579. The Morgan fingerprint density at radius 2 is 2.42 bits per heavy atom. The number of hydrogen-bond donors (Lipinski definition) is 1. The van der Waals surface area contributed by atoms with E-state index >= 15 is 0 Å². The fourth-order valence-corrected chi connectivity index (χ4v) is 1.71. The van der Waals surface area contributed by atoms with Gasteiger partial charge in [-0.2, -0.15) is 0 Å². The maximum atomic E-state index is 11.1. The quantitative estimate of drug-likeness (QED) is 0.670. The lowest BCUT2D eigenvalue weighted by atomic mass is 10.4. The molecule has 1 fully saturated rings. The van der Waals surface area contributed by atoms with E-state index in [-0.39, 0.29) is 12.3 Å². The Bertz CT molecular complexity index is 224. The number of rotatable bonds is 3. The highest BCUT2D eigenvalue weighted by atomic mass is 32.2. The van der Waals surface area contributed by atoms with Crippen LogP contribution < -0.4 is 5.73 Å². The van der Waals surface area contributed by atoms with E-state index in [1.807, 2.05) is 0 Å². The van der Waals surface area contributed by atoms with E-state index in [0.29, 0.717) is 17.3 Å². The molecule has 0 aromatic carbocycles. The normalized spacial score (nSPS) is 17.2. The first-order valence-corrected chi connectivity index (χ1v) is 4.50. The summed E-state index contributed by atoms with van der Waals surface area (Å²) in [5.41, 5.74) is 4.95. The summed E-state index contributed by atoms with van der Waals surface area (Å²) in [6, 6.07) is 0. The highest BCUT2D eigenvalue weighted by Gasteiger charge is 2.24. The second-order valence-electron chi connectivity index (χ2n) is 2.44. The Hall–Kier alpha value is -0.970. The van der Waals surface area contributed by atoms with E-state index in [1.54, 1.807) is 0 Å². The fourth-order valence-electron chi connectivity index (χ4n) is 0.911. The third-order valence-corrected chi connectivity index (χ3v) is 2.49. The van der Waals surface area contributed by atoms with Gasteiger partial charge in [-0.3, -0.25) is 9.59 Å². The number of nitrogens with zero attached hydrogens (tertiary/aromatic N) is 1. The lowest BCUT2D eigenvalue weighted by Gasteiger charge is -2.14. The molecule has 0 unspecified atom stereocenters. The molecule has 0 aromatic rings. The third kappa shape index (κ3) is 2.01. The molecular formula is C7H10N2O2S. The summed E-state index contributed by atoms with van der Waals surface area (Å²) in [5, 5.41) is 0.709. The molecule has 0 spiro atoms. The summed E-state index contributed by atoms with van der Waals surface area (Å²) in [7, 11) is 0. The van der Waals surface area contributed by atoms with Crippen LogP contribution in [0.3, 0.4) is 0 Å². The van der Waals surface area contributed by atoms with Gasteiger partial charge >= 0.3 is 0 Å². The molecule has 0 radical (unpaired) electrons. The van der Waals surface area contributed by atoms with Crippen LogP contribution in [-0.2, 0) is 9.59 Å². The van der Waals surface area contributed by atoms with E-state index < -0.39 is 5.91 Å². The Labute approximate surface area is 74.8 Å². The topological polar surface area (TPSA) is 63.4 Å². The van der Waals surface area contributed by atoms with Gasteiger partial charge in [0.25, 0.3) is 0 Å². The molecule has 1 aliphatic rings. The van der Waals surface area contributed by atoms with Crippen LogP contribution in [0.1, 0.15) is 6.42 Å². The second kappa shape index (κ2) is 3.62. The zero-order valence-electron chi connectivity index (χ0n) is 6.58. The molecule has 0 atom stereocenters. The smallest absolute Gasteiger partial charge is 0.237 e. The van der Waals surface area contributed by atoms with Gasteiger partial charge in [-0.1, -0.05) is 18.3 Å². The van der Waals surface area contributed by atoms with Crippen molar-refractivity contribution >= 4 is 23.6 Å². The standard InChI is InChI=1S/C7H10N2O2S/c1-5-9(3-2-6(8)10)7(11)4-12-5/h1-4H2,(H2,8,10). The molecule has 0 saturated carbocycles. The zero-order valence-corrected chi connectivity index (χ0v) is 7.39. The van der Waals surface area contributed by atoms with Crippen LogP contribution in [0.2, 0.25) is 0 Å². The van der Waals surface area contributed by atoms with Crippen LogP contribution in [0.25, 0.3) is 0 Å². The molecule has 1 rings (SSSR count). The zero-order chi connectivity index (χ0) is 9.14. The Morgan fingerprint density at radius 1 is 1.75 bits per heavy atom. The average molecular weight is 186 g/mol. The molecule has 2 amide bonds. The molecular weight excluding hydrogens is 176 g/mol. The first-order valence-electron chi connectivity index (χ1n) is 3.51. The highest BCUT2D eigenvalue weighted by molar-refractivity contribution is 8.04. The van der Waals surface area contributed by atoms with Gasteiger partial charge in [0.1, 0.15) is 0 Å². The van der Waals surface area contributed by atoms with Crippen molar-refractivity contribution in [3.8, 4) is 0 Å². The predicted octanol–water partition coefficient (Wildman–Crippen LogP) is -0.0916. The Balaban J connectivity index is 2.45. The molecule has 1 aliphatic heterocycles. The van der Waals surface area contributed by atoms with Gasteiger partial charge in [0.05, 0.1) is 10.8 Å².